The number of aromatic carboxylic acids is 1. The van der Waals surface area contributed by atoms with E-state index in [1.54, 1.807) is 30.3 Å². The highest BCUT2D eigenvalue weighted by molar-refractivity contribution is 6.30. The van der Waals surface area contributed by atoms with E-state index in [9.17, 15) is 4.79 Å². The molecule has 0 unspecified atom stereocenters. The van der Waals surface area contributed by atoms with Gasteiger partial charge in [0.25, 0.3) is 0 Å². The molecular formula is C17H13ClN4O2. The Morgan fingerprint density at radius 1 is 0.917 bits per heavy atom. The van der Waals surface area contributed by atoms with Crippen LogP contribution in [0.5, 0.6) is 0 Å². The Bertz CT molecular complexity index is 886. The third-order valence-corrected chi connectivity index (χ3v) is 3.38. The fourth-order valence-corrected chi connectivity index (χ4v) is 2.28. The van der Waals surface area contributed by atoms with Crippen LogP contribution in [0.1, 0.15) is 10.4 Å². The number of rotatable bonds is 5. The number of aromatic nitrogens is 2. The van der Waals surface area contributed by atoms with Gasteiger partial charge in [-0.2, -0.15) is 0 Å². The van der Waals surface area contributed by atoms with Gasteiger partial charge in [0.2, 0.25) is 0 Å². The standard InChI is InChI=1S/C17H13ClN4O2/c18-12-4-2-6-14(8-12)22-16-9-15(19-10-20-16)21-13-5-1-3-11(7-13)17(23)24/h1-10H,(H,23,24)(H2,19,20,21,22). The second-order valence-electron chi connectivity index (χ2n) is 4.93. The van der Waals surface area contributed by atoms with Gasteiger partial charge in [0.15, 0.2) is 0 Å². The molecule has 0 fully saturated rings. The first-order valence-electron chi connectivity index (χ1n) is 7.05. The van der Waals surface area contributed by atoms with Crippen LogP contribution in [-0.4, -0.2) is 21.0 Å². The van der Waals surface area contributed by atoms with Crippen molar-refractivity contribution in [3.63, 3.8) is 0 Å². The van der Waals surface area contributed by atoms with Crippen molar-refractivity contribution in [1.82, 2.24) is 9.97 Å². The molecule has 2 aromatic carbocycles. The zero-order chi connectivity index (χ0) is 16.9. The summed E-state index contributed by atoms with van der Waals surface area (Å²) in [6.45, 7) is 0. The molecule has 3 rings (SSSR count). The largest absolute Gasteiger partial charge is 0.478 e. The van der Waals surface area contributed by atoms with Gasteiger partial charge in [0.1, 0.15) is 18.0 Å². The maximum Gasteiger partial charge on any atom is 0.335 e. The van der Waals surface area contributed by atoms with Crippen LogP contribution >= 0.6 is 11.6 Å². The van der Waals surface area contributed by atoms with Gasteiger partial charge in [0.05, 0.1) is 5.56 Å². The van der Waals surface area contributed by atoms with Crippen molar-refractivity contribution < 1.29 is 9.90 Å². The van der Waals surface area contributed by atoms with Gasteiger partial charge in [-0.05, 0) is 36.4 Å². The Labute approximate surface area is 143 Å². The fourth-order valence-electron chi connectivity index (χ4n) is 2.09. The molecule has 0 saturated carbocycles. The molecule has 0 amide bonds. The summed E-state index contributed by atoms with van der Waals surface area (Å²) in [5, 5.41) is 15.8. The Hall–Kier alpha value is -3.12. The smallest absolute Gasteiger partial charge is 0.335 e. The lowest BCUT2D eigenvalue weighted by atomic mass is 10.2. The molecule has 3 N–H and O–H groups in total. The lowest BCUT2D eigenvalue weighted by Gasteiger charge is -2.09. The molecule has 6 nitrogen and oxygen atoms in total. The number of benzene rings is 2. The molecule has 0 aliphatic heterocycles. The highest BCUT2D eigenvalue weighted by atomic mass is 35.5. The molecule has 0 bridgehead atoms. The summed E-state index contributed by atoms with van der Waals surface area (Å²) in [4.78, 5) is 19.3. The summed E-state index contributed by atoms with van der Waals surface area (Å²) in [6.07, 6.45) is 1.41. The van der Waals surface area contributed by atoms with E-state index >= 15 is 0 Å². The molecule has 0 atom stereocenters. The van der Waals surface area contributed by atoms with E-state index in [1.165, 1.54) is 18.5 Å². The molecule has 7 heteroatoms. The fraction of sp³-hybridized carbons (Fsp3) is 0. The number of carboxylic acids is 1. The van der Waals surface area contributed by atoms with Crippen molar-refractivity contribution >= 4 is 40.6 Å². The number of hydrogen-bond donors (Lipinski definition) is 3. The number of nitrogens with one attached hydrogen (secondary N) is 2. The zero-order valence-corrected chi connectivity index (χ0v) is 13.2. The van der Waals surface area contributed by atoms with Crippen molar-refractivity contribution in [2.24, 2.45) is 0 Å². The highest BCUT2D eigenvalue weighted by Crippen LogP contribution is 2.21. The third kappa shape index (κ3) is 3.99. The number of anilines is 4. The minimum absolute atomic E-state index is 0.200. The summed E-state index contributed by atoms with van der Waals surface area (Å²) in [7, 11) is 0. The first kappa shape index (κ1) is 15.8. The Morgan fingerprint density at radius 2 is 1.54 bits per heavy atom. The van der Waals surface area contributed by atoms with Gasteiger partial charge in [0, 0.05) is 22.5 Å². The third-order valence-electron chi connectivity index (χ3n) is 3.15. The number of carbonyl (C=O) groups is 1. The van der Waals surface area contributed by atoms with Crippen LogP contribution in [0.2, 0.25) is 5.02 Å². The van der Waals surface area contributed by atoms with Crippen LogP contribution in [0.25, 0.3) is 0 Å². The maximum atomic E-state index is 11.0. The molecule has 0 aliphatic rings. The van der Waals surface area contributed by atoms with E-state index in [0.717, 1.165) is 5.69 Å². The van der Waals surface area contributed by atoms with Crippen molar-refractivity contribution in [2.75, 3.05) is 10.6 Å². The van der Waals surface area contributed by atoms with E-state index in [-0.39, 0.29) is 5.56 Å². The minimum Gasteiger partial charge on any atom is -0.478 e. The minimum atomic E-state index is -0.982. The maximum absolute atomic E-state index is 11.0. The summed E-state index contributed by atoms with van der Waals surface area (Å²) >= 11 is 5.96. The molecule has 0 saturated heterocycles. The number of nitrogens with zero attached hydrogens (tertiary/aromatic N) is 2. The molecule has 1 aromatic heterocycles. The number of carboxylic acid groups (broad SMARTS) is 1. The monoisotopic (exact) mass is 340 g/mol. The SMILES string of the molecule is O=C(O)c1cccc(Nc2cc(Nc3cccc(Cl)c3)ncn2)c1. The lowest BCUT2D eigenvalue weighted by Crippen LogP contribution is -2.00. The van der Waals surface area contributed by atoms with Gasteiger partial charge in [-0.25, -0.2) is 14.8 Å². The summed E-state index contributed by atoms with van der Waals surface area (Å²) in [5.41, 5.74) is 1.63. The summed E-state index contributed by atoms with van der Waals surface area (Å²) in [6, 6.07) is 15.5. The van der Waals surface area contributed by atoms with Crippen molar-refractivity contribution in [3.05, 3.63) is 71.5 Å². The predicted octanol–water partition coefficient (Wildman–Crippen LogP) is 4.32. The quantitative estimate of drug-likeness (QED) is 0.641. The van der Waals surface area contributed by atoms with Crippen LogP contribution in [0.4, 0.5) is 23.0 Å². The molecule has 0 aliphatic carbocycles. The van der Waals surface area contributed by atoms with Gasteiger partial charge >= 0.3 is 5.97 Å². The van der Waals surface area contributed by atoms with E-state index in [2.05, 4.69) is 20.6 Å². The van der Waals surface area contributed by atoms with Crippen molar-refractivity contribution in [3.8, 4) is 0 Å². The van der Waals surface area contributed by atoms with Gasteiger partial charge < -0.3 is 15.7 Å². The molecule has 3 aromatic rings. The van der Waals surface area contributed by atoms with Crippen LogP contribution in [0.3, 0.4) is 0 Å². The molecule has 1 heterocycles. The molecule has 24 heavy (non-hydrogen) atoms. The van der Waals surface area contributed by atoms with Crippen LogP contribution in [0, 0.1) is 0 Å². The lowest BCUT2D eigenvalue weighted by molar-refractivity contribution is 0.0697. The van der Waals surface area contributed by atoms with Crippen LogP contribution in [0.15, 0.2) is 60.9 Å². The van der Waals surface area contributed by atoms with Gasteiger partial charge in [-0.15, -0.1) is 0 Å². The average Bonchev–Trinajstić information content (AvgIpc) is 2.55. The highest BCUT2D eigenvalue weighted by Gasteiger charge is 2.05. The van der Waals surface area contributed by atoms with Crippen LogP contribution < -0.4 is 10.6 Å². The van der Waals surface area contributed by atoms with Crippen LogP contribution in [-0.2, 0) is 0 Å². The Kier molecular flexibility index (Phi) is 4.58. The second kappa shape index (κ2) is 6.97. The molecular weight excluding hydrogens is 328 g/mol. The van der Waals surface area contributed by atoms with Gasteiger partial charge in [-0.3, -0.25) is 0 Å². The number of hydrogen-bond acceptors (Lipinski definition) is 5. The van der Waals surface area contributed by atoms with Gasteiger partial charge in [-0.1, -0.05) is 23.7 Å². The van der Waals surface area contributed by atoms with Crippen molar-refractivity contribution in [2.45, 2.75) is 0 Å². The molecule has 0 spiro atoms. The van der Waals surface area contributed by atoms with Crippen molar-refractivity contribution in [1.29, 1.82) is 0 Å². The summed E-state index contributed by atoms with van der Waals surface area (Å²) in [5.74, 6) is 0.144. The van der Waals surface area contributed by atoms with E-state index in [1.807, 2.05) is 12.1 Å². The Morgan fingerprint density at radius 3 is 2.17 bits per heavy atom. The molecule has 0 radical (unpaired) electrons. The summed E-state index contributed by atoms with van der Waals surface area (Å²) < 4.78 is 0. The normalized spacial score (nSPS) is 10.2. The predicted molar refractivity (Wildman–Crippen MR) is 93.5 cm³/mol. The average molecular weight is 341 g/mol. The molecule has 120 valence electrons. The zero-order valence-electron chi connectivity index (χ0n) is 12.4. The Balaban J connectivity index is 1.78. The van der Waals surface area contributed by atoms with E-state index in [4.69, 9.17) is 16.7 Å². The first-order chi connectivity index (χ1) is 11.6. The van der Waals surface area contributed by atoms with E-state index < -0.39 is 5.97 Å². The first-order valence-corrected chi connectivity index (χ1v) is 7.43. The number of halogens is 1. The topological polar surface area (TPSA) is 87.1 Å². The van der Waals surface area contributed by atoms with E-state index in [0.29, 0.717) is 22.3 Å². The second-order valence-corrected chi connectivity index (χ2v) is 5.37.